The molecule has 0 bridgehead atoms. The van der Waals surface area contributed by atoms with Crippen molar-refractivity contribution >= 4 is 0 Å². The van der Waals surface area contributed by atoms with Crippen molar-refractivity contribution in [2.75, 3.05) is 32.8 Å². The van der Waals surface area contributed by atoms with Crippen LogP contribution in [0.3, 0.4) is 0 Å². The Balaban J connectivity index is 1.76. The fraction of sp³-hybridized carbons (Fsp3) is 1.00. The van der Waals surface area contributed by atoms with Crippen LogP contribution in [0.2, 0.25) is 0 Å². The Bertz CT molecular complexity index is 216. The van der Waals surface area contributed by atoms with E-state index in [0.29, 0.717) is 0 Å². The predicted octanol–water partition coefficient (Wildman–Crippen LogP) is 1.47. The number of piperidine rings is 1. The summed E-state index contributed by atoms with van der Waals surface area (Å²) in [7, 11) is 0. The zero-order valence-corrected chi connectivity index (χ0v) is 10.7. The van der Waals surface area contributed by atoms with Gasteiger partial charge in [-0.1, -0.05) is 13.8 Å². The van der Waals surface area contributed by atoms with Gasteiger partial charge in [-0.3, -0.25) is 0 Å². The summed E-state index contributed by atoms with van der Waals surface area (Å²) in [6.07, 6.45) is 3.71. The van der Waals surface area contributed by atoms with Crippen molar-refractivity contribution in [3.05, 3.63) is 0 Å². The van der Waals surface area contributed by atoms with Gasteiger partial charge in [0, 0.05) is 13.2 Å². The Morgan fingerprint density at radius 1 is 1.38 bits per heavy atom. The summed E-state index contributed by atoms with van der Waals surface area (Å²) >= 11 is 0. The fourth-order valence-corrected chi connectivity index (χ4v) is 2.97. The van der Waals surface area contributed by atoms with E-state index in [2.05, 4.69) is 18.7 Å². The monoisotopic (exact) mass is 226 g/mol. The maximum absolute atomic E-state index is 6.32. The van der Waals surface area contributed by atoms with Crippen LogP contribution >= 0.6 is 0 Å². The molecule has 2 saturated heterocycles. The first-order chi connectivity index (χ1) is 7.59. The first-order valence-electron chi connectivity index (χ1n) is 6.68. The highest BCUT2D eigenvalue weighted by molar-refractivity contribution is 4.92. The summed E-state index contributed by atoms with van der Waals surface area (Å²) in [6, 6.07) is 0. The van der Waals surface area contributed by atoms with Gasteiger partial charge in [-0.2, -0.15) is 0 Å². The number of rotatable bonds is 3. The highest BCUT2D eigenvalue weighted by atomic mass is 16.5. The molecular weight excluding hydrogens is 200 g/mol. The number of ether oxygens (including phenoxy) is 1. The van der Waals surface area contributed by atoms with E-state index >= 15 is 0 Å². The van der Waals surface area contributed by atoms with Crippen LogP contribution in [0.4, 0.5) is 0 Å². The van der Waals surface area contributed by atoms with E-state index in [4.69, 9.17) is 10.5 Å². The third kappa shape index (κ3) is 2.96. The van der Waals surface area contributed by atoms with Crippen LogP contribution in [0.1, 0.15) is 33.1 Å². The van der Waals surface area contributed by atoms with Gasteiger partial charge in [0.05, 0.1) is 12.1 Å². The van der Waals surface area contributed by atoms with Crippen LogP contribution in [0.25, 0.3) is 0 Å². The second kappa shape index (κ2) is 5.03. The first kappa shape index (κ1) is 12.3. The third-order valence-electron chi connectivity index (χ3n) is 4.25. The summed E-state index contributed by atoms with van der Waals surface area (Å²) in [6.45, 7) is 9.75. The largest absolute Gasteiger partial charge is 0.379 e. The molecular formula is C13H26N2O. The highest BCUT2D eigenvalue weighted by Gasteiger charge is 2.33. The molecule has 2 aliphatic rings. The first-order valence-corrected chi connectivity index (χ1v) is 6.68. The van der Waals surface area contributed by atoms with Gasteiger partial charge >= 0.3 is 0 Å². The number of nitrogens with zero attached hydrogens (tertiary/aromatic N) is 1. The highest BCUT2D eigenvalue weighted by Crippen LogP contribution is 2.26. The van der Waals surface area contributed by atoms with Crippen molar-refractivity contribution in [2.45, 2.75) is 38.6 Å². The summed E-state index contributed by atoms with van der Waals surface area (Å²) in [4.78, 5) is 2.54. The van der Waals surface area contributed by atoms with Gasteiger partial charge in [-0.25, -0.2) is 0 Å². The lowest BCUT2D eigenvalue weighted by atomic mass is 9.86. The Morgan fingerprint density at radius 2 is 2.06 bits per heavy atom. The minimum Gasteiger partial charge on any atom is -0.379 e. The zero-order chi connectivity index (χ0) is 11.6. The zero-order valence-electron chi connectivity index (χ0n) is 10.7. The van der Waals surface area contributed by atoms with E-state index in [-0.39, 0.29) is 5.54 Å². The molecule has 2 rings (SSSR count). The molecule has 0 aromatic rings. The Morgan fingerprint density at radius 3 is 2.56 bits per heavy atom. The topological polar surface area (TPSA) is 38.5 Å². The minimum atomic E-state index is -0.0648. The van der Waals surface area contributed by atoms with Crippen molar-refractivity contribution in [3.63, 3.8) is 0 Å². The molecule has 0 saturated carbocycles. The maximum atomic E-state index is 6.32. The van der Waals surface area contributed by atoms with Crippen molar-refractivity contribution in [1.82, 2.24) is 4.90 Å². The standard InChI is InChI=1S/C13H26N2O/c1-11(2)12-3-6-15(7-4-12)9-13(14)5-8-16-10-13/h11-12H,3-10,14H2,1-2H3. The predicted molar refractivity (Wildman–Crippen MR) is 66.4 cm³/mol. The van der Waals surface area contributed by atoms with Crippen LogP contribution in [0, 0.1) is 11.8 Å². The summed E-state index contributed by atoms with van der Waals surface area (Å²) < 4.78 is 5.41. The van der Waals surface area contributed by atoms with Crippen molar-refractivity contribution in [2.24, 2.45) is 17.6 Å². The lowest BCUT2D eigenvalue weighted by molar-refractivity contribution is 0.116. The van der Waals surface area contributed by atoms with Gasteiger partial charge < -0.3 is 15.4 Å². The second-order valence-corrected chi connectivity index (χ2v) is 6.02. The average Bonchev–Trinajstić information content (AvgIpc) is 2.65. The molecule has 0 radical (unpaired) electrons. The summed E-state index contributed by atoms with van der Waals surface area (Å²) in [5.74, 6) is 1.76. The Kier molecular flexibility index (Phi) is 3.88. The van der Waals surface area contributed by atoms with Crippen LogP contribution in [-0.2, 0) is 4.74 Å². The van der Waals surface area contributed by atoms with Gasteiger partial charge in [0.25, 0.3) is 0 Å². The second-order valence-electron chi connectivity index (χ2n) is 6.02. The molecule has 3 nitrogen and oxygen atoms in total. The molecule has 0 spiro atoms. The molecule has 2 aliphatic heterocycles. The van der Waals surface area contributed by atoms with Crippen molar-refractivity contribution in [3.8, 4) is 0 Å². The number of hydrogen-bond donors (Lipinski definition) is 1. The normalized spacial score (nSPS) is 33.8. The van der Waals surface area contributed by atoms with Crippen molar-refractivity contribution in [1.29, 1.82) is 0 Å². The van der Waals surface area contributed by atoms with E-state index in [1.807, 2.05) is 0 Å². The molecule has 2 heterocycles. The third-order valence-corrected chi connectivity index (χ3v) is 4.25. The molecule has 3 heteroatoms. The molecule has 1 unspecified atom stereocenters. The van der Waals surface area contributed by atoms with Crippen LogP contribution in [0.5, 0.6) is 0 Å². The fourth-order valence-electron chi connectivity index (χ4n) is 2.97. The Hall–Kier alpha value is -0.120. The van der Waals surface area contributed by atoms with E-state index in [1.165, 1.54) is 25.9 Å². The van der Waals surface area contributed by atoms with Crippen LogP contribution in [0.15, 0.2) is 0 Å². The molecule has 1 atom stereocenters. The molecule has 94 valence electrons. The smallest absolute Gasteiger partial charge is 0.0659 e. The molecule has 0 aromatic carbocycles. The van der Waals surface area contributed by atoms with Crippen molar-refractivity contribution < 1.29 is 4.74 Å². The summed E-state index contributed by atoms with van der Waals surface area (Å²) in [5, 5.41) is 0. The van der Waals surface area contributed by atoms with Crippen LogP contribution < -0.4 is 5.73 Å². The van der Waals surface area contributed by atoms with Gasteiger partial charge in [0.2, 0.25) is 0 Å². The van der Waals surface area contributed by atoms with E-state index in [9.17, 15) is 0 Å². The van der Waals surface area contributed by atoms with Gasteiger partial charge in [-0.15, -0.1) is 0 Å². The van der Waals surface area contributed by atoms with E-state index in [0.717, 1.165) is 38.0 Å². The molecule has 0 amide bonds. The quantitative estimate of drug-likeness (QED) is 0.792. The van der Waals surface area contributed by atoms with E-state index < -0.39 is 0 Å². The molecule has 2 N–H and O–H groups in total. The molecule has 2 fully saturated rings. The lowest BCUT2D eigenvalue weighted by Gasteiger charge is -2.37. The maximum Gasteiger partial charge on any atom is 0.0659 e. The number of hydrogen-bond acceptors (Lipinski definition) is 3. The minimum absolute atomic E-state index is 0.0648. The molecule has 0 aromatic heterocycles. The summed E-state index contributed by atoms with van der Waals surface area (Å²) in [5.41, 5.74) is 6.25. The van der Waals surface area contributed by atoms with Gasteiger partial charge in [-0.05, 0) is 44.2 Å². The SMILES string of the molecule is CC(C)C1CCN(CC2(N)CCOC2)CC1. The number of likely N-dealkylation sites (tertiary alicyclic amines) is 1. The average molecular weight is 226 g/mol. The molecule has 0 aliphatic carbocycles. The molecule has 16 heavy (non-hydrogen) atoms. The lowest BCUT2D eigenvalue weighted by Crippen LogP contribution is -2.52. The Labute approximate surface area is 99.3 Å². The van der Waals surface area contributed by atoms with E-state index in [1.54, 1.807) is 0 Å². The van der Waals surface area contributed by atoms with Crippen LogP contribution in [-0.4, -0.2) is 43.3 Å². The number of nitrogens with two attached hydrogens (primary N) is 1. The van der Waals surface area contributed by atoms with Gasteiger partial charge in [0.15, 0.2) is 0 Å². The van der Waals surface area contributed by atoms with Gasteiger partial charge in [0.1, 0.15) is 0 Å².